The molecule has 0 saturated carbocycles. The second kappa shape index (κ2) is 3.33. The van der Waals surface area contributed by atoms with Crippen LogP contribution in [-0.4, -0.2) is 15.2 Å². The van der Waals surface area contributed by atoms with Crippen molar-refractivity contribution in [2.24, 2.45) is 0 Å². The zero-order chi connectivity index (χ0) is 9.26. The summed E-state index contributed by atoms with van der Waals surface area (Å²) in [5.41, 5.74) is 0.871. The Labute approximate surface area is 83.5 Å². The minimum absolute atomic E-state index is 0.661. The molecule has 2 aromatic heterocycles. The summed E-state index contributed by atoms with van der Waals surface area (Å²) in [5, 5.41) is 6.91. The van der Waals surface area contributed by atoms with Gasteiger partial charge < -0.3 is 4.42 Å². The van der Waals surface area contributed by atoms with Gasteiger partial charge in [-0.25, -0.2) is 4.98 Å². The molecular formula is C8H8BrN3O. The van der Waals surface area contributed by atoms with E-state index in [0.717, 1.165) is 17.8 Å². The highest BCUT2D eigenvalue weighted by atomic mass is 79.9. The molecule has 0 atom stereocenters. The molecule has 0 fully saturated rings. The van der Waals surface area contributed by atoms with Crippen LogP contribution in [0.1, 0.15) is 12.7 Å². The predicted molar refractivity (Wildman–Crippen MR) is 51.2 cm³/mol. The topological polar surface area (TPSA) is 54.7 Å². The fraction of sp³-hybridized carbons (Fsp3) is 0.250. The number of furan rings is 1. The molecule has 0 aliphatic heterocycles. The number of aromatic nitrogens is 3. The van der Waals surface area contributed by atoms with Gasteiger partial charge in [0.1, 0.15) is 5.82 Å². The third kappa shape index (κ3) is 1.51. The van der Waals surface area contributed by atoms with E-state index in [4.69, 9.17) is 4.42 Å². The Hall–Kier alpha value is -1.10. The van der Waals surface area contributed by atoms with Crippen LogP contribution in [0.3, 0.4) is 0 Å². The van der Waals surface area contributed by atoms with Crippen LogP contribution in [0.15, 0.2) is 21.4 Å². The number of aryl methyl sites for hydroxylation is 1. The summed E-state index contributed by atoms with van der Waals surface area (Å²) in [4.78, 5) is 4.28. The minimum Gasteiger partial charge on any atom is -0.457 e. The Kier molecular flexibility index (Phi) is 2.18. The molecule has 0 unspecified atom stereocenters. The van der Waals surface area contributed by atoms with Crippen LogP contribution in [0, 0.1) is 0 Å². The Morgan fingerprint density at radius 1 is 1.62 bits per heavy atom. The van der Waals surface area contributed by atoms with E-state index in [-0.39, 0.29) is 0 Å². The van der Waals surface area contributed by atoms with Gasteiger partial charge in [0.25, 0.3) is 0 Å². The maximum absolute atomic E-state index is 5.08. The third-order valence-corrected chi connectivity index (χ3v) is 2.34. The molecule has 0 radical (unpaired) electrons. The monoisotopic (exact) mass is 241 g/mol. The van der Waals surface area contributed by atoms with Gasteiger partial charge in [-0.1, -0.05) is 6.92 Å². The van der Waals surface area contributed by atoms with Crippen LogP contribution in [0.5, 0.6) is 0 Å². The molecule has 0 aliphatic rings. The van der Waals surface area contributed by atoms with Gasteiger partial charge in [-0.2, -0.15) is 5.10 Å². The van der Waals surface area contributed by atoms with Crippen molar-refractivity contribution < 1.29 is 4.42 Å². The summed E-state index contributed by atoms with van der Waals surface area (Å²) < 4.78 is 5.75. The van der Waals surface area contributed by atoms with E-state index in [1.165, 1.54) is 0 Å². The van der Waals surface area contributed by atoms with E-state index < -0.39 is 0 Å². The summed E-state index contributed by atoms with van der Waals surface area (Å²) in [6.45, 7) is 2.02. The molecule has 0 amide bonds. The van der Waals surface area contributed by atoms with Gasteiger partial charge in [-0.05, 0) is 22.0 Å². The Morgan fingerprint density at radius 3 is 3.00 bits per heavy atom. The van der Waals surface area contributed by atoms with Crippen LogP contribution >= 0.6 is 15.9 Å². The number of aromatic amines is 1. The Balaban J connectivity index is 2.41. The maximum Gasteiger partial charge on any atom is 0.185 e. The van der Waals surface area contributed by atoms with Crippen molar-refractivity contribution in [1.29, 1.82) is 0 Å². The number of halogens is 1. The van der Waals surface area contributed by atoms with Gasteiger partial charge >= 0.3 is 0 Å². The first-order valence-corrected chi connectivity index (χ1v) is 4.75. The minimum atomic E-state index is 0.661. The van der Waals surface area contributed by atoms with E-state index >= 15 is 0 Å². The lowest BCUT2D eigenvalue weighted by atomic mass is 10.3. The van der Waals surface area contributed by atoms with Crippen molar-refractivity contribution in [1.82, 2.24) is 15.2 Å². The first kappa shape index (κ1) is 8.50. The number of H-pyrrole nitrogens is 1. The summed E-state index contributed by atoms with van der Waals surface area (Å²) >= 11 is 3.27. The van der Waals surface area contributed by atoms with Crippen LogP contribution < -0.4 is 0 Å². The number of nitrogens with zero attached hydrogens (tertiary/aromatic N) is 2. The van der Waals surface area contributed by atoms with Gasteiger partial charge in [0.2, 0.25) is 0 Å². The van der Waals surface area contributed by atoms with Crippen LogP contribution in [0.25, 0.3) is 11.4 Å². The zero-order valence-corrected chi connectivity index (χ0v) is 8.63. The van der Waals surface area contributed by atoms with Crippen LogP contribution in [-0.2, 0) is 6.42 Å². The Morgan fingerprint density at radius 2 is 2.46 bits per heavy atom. The van der Waals surface area contributed by atoms with Gasteiger partial charge in [0, 0.05) is 6.42 Å². The predicted octanol–water partition coefficient (Wildman–Crippen LogP) is 2.39. The van der Waals surface area contributed by atoms with Crippen LogP contribution in [0.4, 0.5) is 0 Å². The van der Waals surface area contributed by atoms with E-state index in [1.807, 2.05) is 13.0 Å². The first-order valence-electron chi connectivity index (χ1n) is 3.96. The molecule has 0 aromatic carbocycles. The smallest absolute Gasteiger partial charge is 0.185 e. The summed E-state index contributed by atoms with van der Waals surface area (Å²) in [6.07, 6.45) is 2.45. The number of hydrogen-bond acceptors (Lipinski definition) is 3. The second-order valence-corrected chi connectivity index (χ2v) is 3.29. The molecule has 2 heterocycles. The molecule has 0 saturated heterocycles. The van der Waals surface area contributed by atoms with Gasteiger partial charge in [0.15, 0.2) is 10.5 Å². The quantitative estimate of drug-likeness (QED) is 0.879. The molecule has 0 bridgehead atoms. The average molecular weight is 242 g/mol. The highest BCUT2D eigenvalue weighted by molar-refractivity contribution is 9.10. The van der Waals surface area contributed by atoms with Crippen LogP contribution in [0.2, 0.25) is 0 Å². The van der Waals surface area contributed by atoms with Crippen molar-refractivity contribution >= 4 is 15.9 Å². The number of rotatable bonds is 2. The molecule has 0 spiro atoms. The van der Waals surface area contributed by atoms with Crippen molar-refractivity contribution in [2.75, 3.05) is 0 Å². The molecule has 4 nitrogen and oxygen atoms in total. The lowest BCUT2D eigenvalue weighted by molar-refractivity contribution is 0.542. The summed E-state index contributed by atoms with van der Waals surface area (Å²) in [6, 6.07) is 1.83. The fourth-order valence-corrected chi connectivity index (χ4v) is 1.44. The van der Waals surface area contributed by atoms with Gasteiger partial charge in [0.05, 0.1) is 11.8 Å². The van der Waals surface area contributed by atoms with Gasteiger partial charge in [-0.15, -0.1) is 0 Å². The fourth-order valence-electron chi connectivity index (χ4n) is 1.03. The van der Waals surface area contributed by atoms with E-state index in [2.05, 4.69) is 31.1 Å². The second-order valence-electron chi connectivity index (χ2n) is 2.57. The maximum atomic E-state index is 5.08. The third-order valence-electron chi connectivity index (χ3n) is 1.73. The average Bonchev–Trinajstić information content (AvgIpc) is 2.71. The lowest BCUT2D eigenvalue weighted by Crippen LogP contribution is -1.81. The van der Waals surface area contributed by atoms with E-state index in [9.17, 15) is 0 Å². The number of nitrogens with one attached hydrogen (secondary N) is 1. The standard InChI is InChI=1S/C8H8BrN3O/c1-2-6-10-8(12-11-6)5-3-4-13-7(5)9/h3-4H,2H2,1H3,(H,10,11,12). The van der Waals surface area contributed by atoms with Crippen molar-refractivity contribution in [3.05, 3.63) is 22.8 Å². The molecular weight excluding hydrogens is 234 g/mol. The van der Waals surface area contributed by atoms with Crippen molar-refractivity contribution in [2.45, 2.75) is 13.3 Å². The van der Waals surface area contributed by atoms with E-state index in [0.29, 0.717) is 10.5 Å². The highest BCUT2D eigenvalue weighted by Crippen LogP contribution is 2.26. The number of hydrogen-bond donors (Lipinski definition) is 1. The first-order chi connectivity index (χ1) is 6.31. The zero-order valence-electron chi connectivity index (χ0n) is 7.04. The molecule has 68 valence electrons. The molecule has 1 N–H and O–H groups in total. The molecule has 0 aliphatic carbocycles. The van der Waals surface area contributed by atoms with Gasteiger partial charge in [-0.3, -0.25) is 5.10 Å². The highest BCUT2D eigenvalue weighted by Gasteiger charge is 2.10. The largest absolute Gasteiger partial charge is 0.457 e. The molecule has 2 aromatic rings. The normalized spacial score (nSPS) is 10.6. The summed E-state index contributed by atoms with van der Waals surface area (Å²) in [7, 11) is 0. The summed E-state index contributed by atoms with van der Waals surface area (Å²) in [5.74, 6) is 1.54. The lowest BCUT2D eigenvalue weighted by Gasteiger charge is -1.87. The SMILES string of the molecule is CCc1nc(-c2ccoc2Br)n[nH]1. The molecule has 13 heavy (non-hydrogen) atoms. The molecule has 2 rings (SSSR count). The van der Waals surface area contributed by atoms with Crippen molar-refractivity contribution in [3.8, 4) is 11.4 Å². The molecule has 5 heteroatoms. The van der Waals surface area contributed by atoms with Crippen molar-refractivity contribution in [3.63, 3.8) is 0 Å². The Bertz CT molecular complexity index is 407. The van der Waals surface area contributed by atoms with E-state index in [1.54, 1.807) is 6.26 Å².